The van der Waals surface area contributed by atoms with Crippen LogP contribution in [-0.2, 0) is 16.0 Å². The summed E-state index contributed by atoms with van der Waals surface area (Å²) in [5.74, 6) is -1.10. The maximum absolute atomic E-state index is 12.2. The van der Waals surface area contributed by atoms with Crippen molar-refractivity contribution in [2.24, 2.45) is 0 Å². The van der Waals surface area contributed by atoms with E-state index in [1.165, 1.54) is 18.4 Å². The molecule has 2 heterocycles. The SMILES string of the molecule is CCOC(=O)c1c(NC(=O)Cc2cccs2)sc(C(=O)NC)c1C. The normalized spacial score (nSPS) is 10.3. The summed E-state index contributed by atoms with van der Waals surface area (Å²) < 4.78 is 5.05. The molecule has 0 unspecified atom stereocenters. The molecule has 0 radical (unpaired) electrons. The van der Waals surface area contributed by atoms with Crippen LogP contribution in [0.5, 0.6) is 0 Å². The van der Waals surface area contributed by atoms with Gasteiger partial charge in [-0.15, -0.1) is 22.7 Å². The molecule has 8 heteroatoms. The maximum atomic E-state index is 12.2. The van der Waals surface area contributed by atoms with E-state index < -0.39 is 5.97 Å². The van der Waals surface area contributed by atoms with E-state index in [1.807, 2.05) is 17.5 Å². The van der Waals surface area contributed by atoms with Gasteiger partial charge < -0.3 is 15.4 Å². The molecular weight excluding hydrogens is 348 g/mol. The van der Waals surface area contributed by atoms with Gasteiger partial charge in [0.2, 0.25) is 5.91 Å². The lowest BCUT2D eigenvalue weighted by Crippen LogP contribution is -2.18. The smallest absolute Gasteiger partial charge is 0.341 e. The first kappa shape index (κ1) is 18.2. The summed E-state index contributed by atoms with van der Waals surface area (Å²) in [5, 5.41) is 7.50. The van der Waals surface area contributed by atoms with Crippen LogP contribution in [0, 0.1) is 6.92 Å². The van der Waals surface area contributed by atoms with Crippen LogP contribution in [0.15, 0.2) is 17.5 Å². The van der Waals surface area contributed by atoms with Gasteiger partial charge >= 0.3 is 5.97 Å². The summed E-state index contributed by atoms with van der Waals surface area (Å²) >= 11 is 2.56. The Balaban J connectivity index is 2.30. The Morgan fingerprint density at radius 2 is 2.04 bits per heavy atom. The second kappa shape index (κ2) is 8.07. The van der Waals surface area contributed by atoms with Gasteiger partial charge in [-0.2, -0.15) is 0 Å². The van der Waals surface area contributed by atoms with Crippen molar-refractivity contribution in [2.45, 2.75) is 20.3 Å². The molecule has 2 rings (SSSR count). The van der Waals surface area contributed by atoms with E-state index in [9.17, 15) is 14.4 Å². The summed E-state index contributed by atoms with van der Waals surface area (Å²) in [6, 6.07) is 3.74. The van der Waals surface area contributed by atoms with Crippen LogP contribution in [0.1, 0.15) is 37.4 Å². The molecule has 2 aromatic rings. The zero-order valence-electron chi connectivity index (χ0n) is 13.6. The molecule has 128 valence electrons. The molecule has 24 heavy (non-hydrogen) atoms. The van der Waals surface area contributed by atoms with Gasteiger partial charge in [0.15, 0.2) is 0 Å². The van der Waals surface area contributed by atoms with E-state index in [2.05, 4.69) is 10.6 Å². The lowest BCUT2D eigenvalue weighted by atomic mass is 10.1. The van der Waals surface area contributed by atoms with Crippen LogP contribution in [-0.4, -0.2) is 31.4 Å². The van der Waals surface area contributed by atoms with Crippen LogP contribution >= 0.6 is 22.7 Å². The highest BCUT2D eigenvalue weighted by Gasteiger charge is 2.26. The Labute approximate surface area is 147 Å². The molecule has 0 aliphatic rings. The fourth-order valence-electron chi connectivity index (χ4n) is 2.12. The van der Waals surface area contributed by atoms with E-state index in [1.54, 1.807) is 13.8 Å². The van der Waals surface area contributed by atoms with Gasteiger partial charge in [-0.1, -0.05) is 6.07 Å². The molecule has 6 nitrogen and oxygen atoms in total. The van der Waals surface area contributed by atoms with Crippen molar-refractivity contribution in [3.8, 4) is 0 Å². The number of ether oxygens (including phenoxy) is 1. The second-order valence-corrected chi connectivity index (χ2v) is 6.92. The summed E-state index contributed by atoms with van der Waals surface area (Å²) in [7, 11) is 1.51. The van der Waals surface area contributed by atoms with Gasteiger partial charge in [-0.3, -0.25) is 9.59 Å². The molecule has 2 amide bonds. The van der Waals surface area contributed by atoms with Gasteiger partial charge in [-0.05, 0) is 30.9 Å². The lowest BCUT2D eigenvalue weighted by Gasteiger charge is -2.06. The summed E-state index contributed by atoms with van der Waals surface area (Å²) in [6.07, 6.45) is 0.214. The summed E-state index contributed by atoms with van der Waals surface area (Å²) in [5.41, 5.74) is 0.740. The molecule has 0 aromatic carbocycles. The average Bonchev–Trinajstić information content (AvgIpc) is 3.14. The van der Waals surface area contributed by atoms with Crippen molar-refractivity contribution >= 4 is 45.5 Å². The third-order valence-electron chi connectivity index (χ3n) is 3.23. The van der Waals surface area contributed by atoms with Gasteiger partial charge in [0.25, 0.3) is 5.91 Å². The molecule has 0 aliphatic heterocycles. The Hall–Kier alpha value is -2.19. The number of thiophene rings is 2. The van der Waals surface area contributed by atoms with Crippen molar-refractivity contribution in [3.05, 3.63) is 38.4 Å². The number of nitrogens with one attached hydrogen (secondary N) is 2. The fraction of sp³-hybridized carbons (Fsp3) is 0.312. The summed E-state index contributed by atoms with van der Waals surface area (Å²) in [4.78, 5) is 37.7. The van der Waals surface area contributed by atoms with Crippen molar-refractivity contribution < 1.29 is 19.1 Å². The van der Waals surface area contributed by atoms with Crippen molar-refractivity contribution in [3.63, 3.8) is 0 Å². The minimum atomic E-state index is -0.548. The highest BCUT2D eigenvalue weighted by atomic mass is 32.1. The number of hydrogen-bond acceptors (Lipinski definition) is 6. The number of anilines is 1. The highest BCUT2D eigenvalue weighted by Crippen LogP contribution is 2.34. The third-order valence-corrected chi connectivity index (χ3v) is 5.31. The van der Waals surface area contributed by atoms with Crippen molar-refractivity contribution in [2.75, 3.05) is 19.0 Å². The largest absolute Gasteiger partial charge is 0.462 e. The molecule has 0 bridgehead atoms. The molecule has 0 saturated carbocycles. The van der Waals surface area contributed by atoms with Gasteiger partial charge in [0, 0.05) is 11.9 Å². The molecule has 0 aliphatic carbocycles. The summed E-state index contributed by atoms with van der Waals surface area (Å²) in [6.45, 7) is 3.59. The number of amides is 2. The zero-order chi connectivity index (χ0) is 17.7. The van der Waals surface area contributed by atoms with E-state index in [4.69, 9.17) is 4.74 Å². The van der Waals surface area contributed by atoms with Gasteiger partial charge in [0.05, 0.1) is 23.5 Å². The van der Waals surface area contributed by atoms with E-state index in [0.29, 0.717) is 15.4 Å². The Bertz CT molecular complexity index is 750. The molecule has 0 fully saturated rings. The Morgan fingerprint density at radius 3 is 2.62 bits per heavy atom. The number of esters is 1. The van der Waals surface area contributed by atoms with Crippen LogP contribution < -0.4 is 10.6 Å². The van der Waals surface area contributed by atoms with Crippen LogP contribution in [0.3, 0.4) is 0 Å². The predicted octanol–water partition coefficient (Wildman–Crippen LogP) is 2.84. The first-order valence-corrected chi connectivity index (χ1v) is 9.02. The van der Waals surface area contributed by atoms with Crippen LogP contribution in [0.4, 0.5) is 5.00 Å². The van der Waals surface area contributed by atoms with Crippen LogP contribution in [0.2, 0.25) is 0 Å². The number of hydrogen-bond donors (Lipinski definition) is 2. The van der Waals surface area contributed by atoms with E-state index in [-0.39, 0.29) is 30.4 Å². The number of carbonyl (C=O) groups is 3. The highest BCUT2D eigenvalue weighted by molar-refractivity contribution is 7.18. The first-order chi connectivity index (χ1) is 11.5. The van der Waals surface area contributed by atoms with Gasteiger partial charge in [0.1, 0.15) is 5.00 Å². The molecule has 2 aromatic heterocycles. The Morgan fingerprint density at radius 1 is 1.29 bits per heavy atom. The molecule has 2 N–H and O–H groups in total. The molecule has 0 atom stereocenters. The fourth-order valence-corrected chi connectivity index (χ4v) is 3.98. The molecule has 0 spiro atoms. The molecule has 0 saturated heterocycles. The standard InChI is InChI=1S/C16H18N2O4S2/c1-4-22-16(21)12-9(2)13(14(20)17-3)24-15(12)18-11(19)8-10-6-5-7-23-10/h5-7H,4,8H2,1-3H3,(H,17,20)(H,18,19). The minimum Gasteiger partial charge on any atom is -0.462 e. The zero-order valence-corrected chi connectivity index (χ0v) is 15.2. The number of carbonyl (C=O) groups excluding carboxylic acids is 3. The van der Waals surface area contributed by atoms with Crippen molar-refractivity contribution in [1.82, 2.24) is 5.32 Å². The lowest BCUT2D eigenvalue weighted by molar-refractivity contribution is -0.115. The second-order valence-electron chi connectivity index (χ2n) is 4.86. The number of rotatable bonds is 6. The quantitative estimate of drug-likeness (QED) is 0.770. The maximum Gasteiger partial charge on any atom is 0.341 e. The minimum absolute atomic E-state index is 0.214. The van der Waals surface area contributed by atoms with Crippen molar-refractivity contribution in [1.29, 1.82) is 0 Å². The Kier molecular flexibility index (Phi) is 6.10. The van der Waals surface area contributed by atoms with Crippen LogP contribution in [0.25, 0.3) is 0 Å². The average molecular weight is 366 g/mol. The topological polar surface area (TPSA) is 84.5 Å². The molecular formula is C16H18N2O4S2. The first-order valence-electron chi connectivity index (χ1n) is 7.32. The van der Waals surface area contributed by atoms with Gasteiger partial charge in [-0.25, -0.2) is 4.79 Å². The monoisotopic (exact) mass is 366 g/mol. The van der Waals surface area contributed by atoms with E-state index >= 15 is 0 Å². The predicted molar refractivity (Wildman–Crippen MR) is 95.1 cm³/mol. The van der Waals surface area contributed by atoms with E-state index in [0.717, 1.165) is 16.2 Å². The third kappa shape index (κ3) is 4.01.